The van der Waals surface area contributed by atoms with E-state index in [-0.39, 0.29) is 6.17 Å². The molecule has 0 bridgehead atoms. The summed E-state index contributed by atoms with van der Waals surface area (Å²) in [5, 5.41) is 12.9. The lowest BCUT2D eigenvalue weighted by Crippen LogP contribution is -2.33. The zero-order valence-corrected chi connectivity index (χ0v) is 28.0. The van der Waals surface area contributed by atoms with E-state index in [1.54, 1.807) is 0 Å². The molecule has 1 aliphatic rings. The molecule has 0 radical (unpaired) electrons. The van der Waals surface area contributed by atoms with E-state index in [4.69, 9.17) is 14.4 Å². The van der Waals surface area contributed by atoms with Gasteiger partial charge in [-0.05, 0) is 63.5 Å². The third kappa shape index (κ3) is 4.42. The fourth-order valence-corrected chi connectivity index (χ4v) is 8.01. The van der Waals surface area contributed by atoms with E-state index in [0.29, 0.717) is 5.84 Å². The van der Waals surface area contributed by atoms with E-state index in [9.17, 15) is 0 Å². The van der Waals surface area contributed by atoms with Gasteiger partial charge in [-0.2, -0.15) is 0 Å². The second-order valence-corrected chi connectivity index (χ2v) is 13.4. The standard InChI is InChI=1S/C47H30N4O/c1-3-13-29(14-4-1)45-48-46(30-15-5-2-6-16-30)50-47(49-45)44-35-20-10-9-19-33(35)27-42-43(44)37-24-23-34(28-41(37)52-42)51-39-22-12-11-21-36(39)38-25-31-17-7-8-18-32(31)26-40(38)51/h1-28,45H,(H,48,49,50). The fourth-order valence-electron chi connectivity index (χ4n) is 8.01. The van der Waals surface area contributed by atoms with Crippen LogP contribution in [0.4, 0.5) is 0 Å². The number of hydrogen-bond donors (Lipinski definition) is 1. The number of aliphatic imine (C=N–C) groups is 2. The molecule has 0 aliphatic carbocycles. The normalized spacial score (nSPS) is 14.7. The Morgan fingerprint density at radius 1 is 0.519 bits per heavy atom. The first-order valence-electron chi connectivity index (χ1n) is 17.6. The maximum absolute atomic E-state index is 6.82. The first-order valence-corrected chi connectivity index (χ1v) is 17.6. The van der Waals surface area contributed by atoms with Crippen molar-refractivity contribution in [2.24, 2.45) is 9.98 Å². The maximum atomic E-state index is 6.82. The third-order valence-corrected chi connectivity index (χ3v) is 10.4. The van der Waals surface area contributed by atoms with E-state index >= 15 is 0 Å². The molecule has 5 nitrogen and oxygen atoms in total. The van der Waals surface area contributed by atoms with Crippen LogP contribution in [0.3, 0.4) is 0 Å². The van der Waals surface area contributed by atoms with Gasteiger partial charge in [0.1, 0.15) is 23.2 Å². The summed E-state index contributed by atoms with van der Waals surface area (Å²) in [6, 6.07) is 59.7. The van der Waals surface area contributed by atoms with Crippen molar-refractivity contribution < 1.29 is 4.42 Å². The quantitative estimate of drug-likeness (QED) is 0.203. The molecule has 1 atom stereocenters. The Kier molecular flexibility index (Phi) is 6.25. The fraction of sp³-hybridized carbons (Fsp3) is 0.0213. The number of nitrogens with zero attached hydrogens (tertiary/aromatic N) is 3. The maximum Gasteiger partial charge on any atom is 0.159 e. The monoisotopic (exact) mass is 666 g/mol. The van der Waals surface area contributed by atoms with Crippen molar-refractivity contribution in [3.8, 4) is 5.69 Å². The molecule has 1 aliphatic heterocycles. The van der Waals surface area contributed by atoms with Crippen molar-refractivity contribution in [1.29, 1.82) is 0 Å². The number of aromatic nitrogens is 1. The molecule has 11 rings (SSSR count). The molecule has 2 aromatic heterocycles. The average Bonchev–Trinajstić information content (AvgIpc) is 3.73. The third-order valence-electron chi connectivity index (χ3n) is 10.4. The van der Waals surface area contributed by atoms with Crippen molar-refractivity contribution in [1.82, 2.24) is 9.88 Å². The number of furan rings is 1. The summed E-state index contributed by atoms with van der Waals surface area (Å²) in [6.45, 7) is 0. The van der Waals surface area contributed by atoms with Crippen LogP contribution in [-0.2, 0) is 0 Å². The van der Waals surface area contributed by atoms with Crippen LogP contribution in [0.25, 0.3) is 71.0 Å². The second kappa shape index (κ2) is 11.3. The molecule has 1 N–H and O–H groups in total. The first-order chi connectivity index (χ1) is 25.8. The van der Waals surface area contributed by atoms with Gasteiger partial charge in [0.05, 0.1) is 11.0 Å². The number of amidine groups is 2. The number of fused-ring (bicyclic) bond motifs is 8. The number of nitrogens with one attached hydrogen (secondary N) is 1. The zero-order valence-electron chi connectivity index (χ0n) is 28.0. The van der Waals surface area contributed by atoms with E-state index in [2.05, 4.69) is 155 Å². The summed E-state index contributed by atoms with van der Waals surface area (Å²) < 4.78 is 9.18. The van der Waals surface area contributed by atoms with Gasteiger partial charge in [0.15, 0.2) is 5.84 Å². The van der Waals surface area contributed by atoms with Gasteiger partial charge in [-0.3, -0.25) is 0 Å². The van der Waals surface area contributed by atoms with E-state index in [0.717, 1.165) is 66.4 Å². The Labute approximate surface area is 298 Å². The Morgan fingerprint density at radius 3 is 2.04 bits per heavy atom. The largest absolute Gasteiger partial charge is 0.456 e. The van der Waals surface area contributed by atoms with Crippen LogP contribution in [0.5, 0.6) is 0 Å². The van der Waals surface area contributed by atoms with Crippen molar-refractivity contribution in [2.45, 2.75) is 6.17 Å². The molecule has 1 unspecified atom stereocenters. The lowest BCUT2D eigenvalue weighted by atomic mass is 9.96. The summed E-state index contributed by atoms with van der Waals surface area (Å²) in [4.78, 5) is 10.4. The minimum absolute atomic E-state index is 0.311. The SMILES string of the molecule is c1ccc(C2=NC(c3ccccc3)NC(c3c4ccccc4cc4oc5cc(-n6c7ccccc7c7cc8ccccc8cc76)ccc5c34)=N2)cc1. The van der Waals surface area contributed by atoms with E-state index in [1.165, 1.54) is 27.1 Å². The molecule has 0 fully saturated rings. The summed E-state index contributed by atoms with van der Waals surface area (Å²) in [5.74, 6) is 1.46. The number of benzene rings is 8. The minimum atomic E-state index is -0.311. The van der Waals surface area contributed by atoms with Gasteiger partial charge < -0.3 is 14.3 Å². The van der Waals surface area contributed by atoms with Crippen molar-refractivity contribution in [3.05, 3.63) is 187 Å². The van der Waals surface area contributed by atoms with Crippen molar-refractivity contribution in [2.75, 3.05) is 0 Å². The molecule has 0 saturated heterocycles. The van der Waals surface area contributed by atoms with Crippen LogP contribution in [0.15, 0.2) is 184 Å². The predicted molar refractivity (Wildman–Crippen MR) is 215 cm³/mol. The second-order valence-electron chi connectivity index (χ2n) is 13.4. The van der Waals surface area contributed by atoms with Crippen LogP contribution < -0.4 is 5.32 Å². The molecule has 244 valence electrons. The highest BCUT2D eigenvalue weighted by molar-refractivity contribution is 6.28. The van der Waals surface area contributed by atoms with Gasteiger partial charge in [0.2, 0.25) is 0 Å². The molecule has 52 heavy (non-hydrogen) atoms. The molecular weight excluding hydrogens is 637 g/mol. The van der Waals surface area contributed by atoms with Crippen molar-refractivity contribution >= 4 is 77.0 Å². The highest BCUT2D eigenvalue weighted by Gasteiger charge is 2.26. The predicted octanol–water partition coefficient (Wildman–Crippen LogP) is 11.5. The Balaban J connectivity index is 1.16. The lowest BCUT2D eigenvalue weighted by Gasteiger charge is -2.24. The van der Waals surface area contributed by atoms with E-state index < -0.39 is 0 Å². The number of para-hydroxylation sites is 1. The van der Waals surface area contributed by atoms with Gasteiger partial charge >= 0.3 is 0 Å². The smallest absolute Gasteiger partial charge is 0.159 e. The summed E-state index contributed by atoms with van der Waals surface area (Å²) in [5.41, 5.74) is 8.07. The van der Waals surface area contributed by atoms with Crippen molar-refractivity contribution in [3.63, 3.8) is 0 Å². The Morgan fingerprint density at radius 2 is 1.21 bits per heavy atom. The van der Waals surface area contributed by atoms with Gasteiger partial charge in [-0.25, -0.2) is 9.98 Å². The molecule has 0 saturated carbocycles. The summed E-state index contributed by atoms with van der Waals surface area (Å²) in [6.07, 6.45) is -0.311. The minimum Gasteiger partial charge on any atom is -0.456 e. The van der Waals surface area contributed by atoms with Gasteiger partial charge in [-0.15, -0.1) is 0 Å². The van der Waals surface area contributed by atoms with E-state index in [1.807, 2.05) is 24.3 Å². The van der Waals surface area contributed by atoms with Crippen LogP contribution in [-0.4, -0.2) is 16.2 Å². The highest BCUT2D eigenvalue weighted by Crippen LogP contribution is 2.40. The summed E-state index contributed by atoms with van der Waals surface area (Å²) >= 11 is 0. The highest BCUT2D eigenvalue weighted by atomic mass is 16.3. The van der Waals surface area contributed by atoms with Gasteiger partial charge in [-0.1, -0.05) is 127 Å². The molecule has 8 aromatic carbocycles. The van der Waals surface area contributed by atoms with Crippen LogP contribution >= 0.6 is 0 Å². The molecule has 10 aromatic rings. The first kappa shape index (κ1) is 28.8. The Bertz CT molecular complexity index is 3100. The average molecular weight is 667 g/mol. The number of hydrogen-bond acceptors (Lipinski definition) is 4. The molecule has 0 amide bonds. The molecule has 5 heteroatoms. The molecule has 3 heterocycles. The lowest BCUT2D eigenvalue weighted by molar-refractivity contribution is 0.668. The van der Waals surface area contributed by atoms with Gasteiger partial charge in [0, 0.05) is 44.4 Å². The van der Waals surface area contributed by atoms with Crippen LogP contribution in [0, 0.1) is 0 Å². The van der Waals surface area contributed by atoms with Crippen LogP contribution in [0.1, 0.15) is 22.9 Å². The molecular formula is C47H30N4O. The topological polar surface area (TPSA) is 54.8 Å². The zero-order chi connectivity index (χ0) is 34.2. The molecule has 0 spiro atoms. The Hall–Kier alpha value is -6.98. The van der Waals surface area contributed by atoms with Gasteiger partial charge in [0.25, 0.3) is 0 Å². The summed E-state index contributed by atoms with van der Waals surface area (Å²) in [7, 11) is 0. The number of rotatable bonds is 4. The van der Waals surface area contributed by atoms with Crippen LogP contribution in [0.2, 0.25) is 0 Å².